The number of hydrogen-bond acceptors (Lipinski definition) is 4. The van der Waals surface area contributed by atoms with Crippen molar-refractivity contribution in [1.82, 2.24) is 4.90 Å². The highest BCUT2D eigenvalue weighted by Crippen LogP contribution is 2.32. The van der Waals surface area contributed by atoms with E-state index in [9.17, 15) is 9.59 Å². The van der Waals surface area contributed by atoms with E-state index in [1.54, 1.807) is 0 Å². The van der Waals surface area contributed by atoms with Gasteiger partial charge < -0.3 is 4.90 Å². The van der Waals surface area contributed by atoms with Gasteiger partial charge >= 0.3 is 0 Å². The van der Waals surface area contributed by atoms with Gasteiger partial charge in [-0.1, -0.05) is 13.3 Å². The van der Waals surface area contributed by atoms with Crippen LogP contribution in [0.25, 0.3) is 0 Å². The van der Waals surface area contributed by atoms with Crippen LogP contribution in [0.2, 0.25) is 0 Å². The van der Waals surface area contributed by atoms with Crippen LogP contribution in [0, 0.1) is 0 Å². The summed E-state index contributed by atoms with van der Waals surface area (Å²) in [4.78, 5) is 30.0. The molecule has 0 aliphatic carbocycles. The van der Waals surface area contributed by atoms with E-state index in [4.69, 9.17) is 5.26 Å². The zero-order valence-corrected chi connectivity index (χ0v) is 10.9. The van der Waals surface area contributed by atoms with E-state index in [-0.39, 0.29) is 18.7 Å². The molecule has 0 aromatic carbocycles. The summed E-state index contributed by atoms with van der Waals surface area (Å²) in [5.74, 6) is -0.778. The Hall–Kier alpha value is -0.940. The van der Waals surface area contributed by atoms with Gasteiger partial charge in [0.1, 0.15) is 0 Å². The molecular weight excluding hydrogens is 222 g/mol. The first-order valence-electron chi connectivity index (χ1n) is 5.97. The van der Waals surface area contributed by atoms with E-state index < -0.39 is 17.0 Å². The predicted octanol–water partition coefficient (Wildman–Crippen LogP) is 1.61. The van der Waals surface area contributed by atoms with E-state index in [1.165, 1.54) is 4.90 Å². The van der Waals surface area contributed by atoms with Gasteiger partial charge in [0.2, 0.25) is 5.60 Å². The molecule has 1 amide bonds. The van der Waals surface area contributed by atoms with Crippen molar-refractivity contribution in [3.63, 3.8) is 0 Å². The molecule has 5 heteroatoms. The second-order valence-corrected chi connectivity index (χ2v) is 5.51. The van der Waals surface area contributed by atoms with Crippen LogP contribution in [0.1, 0.15) is 47.0 Å². The quantitative estimate of drug-likeness (QED) is 0.463. The smallest absolute Gasteiger partial charge is 0.266 e. The van der Waals surface area contributed by atoms with Crippen molar-refractivity contribution in [1.29, 1.82) is 0 Å². The molecular formula is C12H21NO4. The SMILES string of the molecule is CCCCC1(OO)C(=O)CN(C(C)(C)C)C1=O. The van der Waals surface area contributed by atoms with E-state index in [1.807, 2.05) is 27.7 Å². The lowest BCUT2D eigenvalue weighted by Gasteiger charge is -2.32. The molecule has 17 heavy (non-hydrogen) atoms. The molecule has 1 saturated heterocycles. The number of amides is 1. The van der Waals surface area contributed by atoms with Crippen LogP contribution in [0.15, 0.2) is 0 Å². The maximum atomic E-state index is 12.2. The van der Waals surface area contributed by atoms with Gasteiger partial charge in [-0.15, -0.1) is 0 Å². The van der Waals surface area contributed by atoms with E-state index in [0.29, 0.717) is 6.42 Å². The van der Waals surface area contributed by atoms with Gasteiger partial charge in [-0.25, -0.2) is 4.89 Å². The molecule has 5 nitrogen and oxygen atoms in total. The molecule has 0 saturated carbocycles. The number of likely N-dealkylation sites (tertiary alicyclic amines) is 1. The van der Waals surface area contributed by atoms with Gasteiger partial charge in [-0.2, -0.15) is 0 Å². The minimum Gasteiger partial charge on any atom is -0.327 e. The van der Waals surface area contributed by atoms with Crippen LogP contribution >= 0.6 is 0 Å². The maximum Gasteiger partial charge on any atom is 0.266 e. The third kappa shape index (κ3) is 2.35. The summed E-state index contributed by atoms with van der Waals surface area (Å²) in [6, 6.07) is 0. The highest BCUT2D eigenvalue weighted by atomic mass is 17.1. The highest BCUT2D eigenvalue weighted by molar-refractivity contribution is 6.16. The largest absolute Gasteiger partial charge is 0.327 e. The number of ketones is 1. The van der Waals surface area contributed by atoms with Crippen LogP contribution in [0.4, 0.5) is 0 Å². The Bertz CT molecular complexity index is 321. The van der Waals surface area contributed by atoms with Gasteiger partial charge in [-0.05, 0) is 33.6 Å². The molecule has 0 aromatic rings. The second kappa shape index (κ2) is 4.74. The van der Waals surface area contributed by atoms with Gasteiger partial charge in [0.15, 0.2) is 5.78 Å². The van der Waals surface area contributed by atoms with Crippen molar-refractivity contribution in [3.05, 3.63) is 0 Å². The van der Waals surface area contributed by atoms with Crippen molar-refractivity contribution in [3.8, 4) is 0 Å². The van der Waals surface area contributed by atoms with E-state index in [0.717, 1.165) is 6.42 Å². The number of nitrogens with zero attached hydrogens (tertiary/aromatic N) is 1. The maximum absolute atomic E-state index is 12.2. The first kappa shape index (κ1) is 14.1. The zero-order valence-electron chi connectivity index (χ0n) is 10.9. The highest BCUT2D eigenvalue weighted by Gasteiger charge is 2.57. The van der Waals surface area contributed by atoms with Crippen LogP contribution in [-0.2, 0) is 14.5 Å². The molecule has 1 rings (SSSR count). The Kier molecular flexibility index (Phi) is 3.94. The zero-order chi connectivity index (χ0) is 13.3. The summed E-state index contributed by atoms with van der Waals surface area (Å²) in [6.07, 6.45) is 1.74. The molecule has 1 aliphatic rings. The lowest BCUT2D eigenvalue weighted by Crippen LogP contribution is -2.49. The third-order valence-corrected chi connectivity index (χ3v) is 3.19. The Morgan fingerprint density at radius 1 is 1.41 bits per heavy atom. The predicted molar refractivity (Wildman–Crippen MR) is 62.4 cm³/mol. The summed E-state index contributed by atoms with van der Waals surface area (Å²) in [6.45, 7) is 7.52. The average molecular weight is 243 g/mol. The molecule has 98 valence electrons. The van der Waals surface area contributed by atoms with Crippen molar-refractivity contribution in [2.24, 2.45) is 0 Å². The normalized spacial score (nSPS) is 25.8. The fourth-order valence-corrected chi connectivity index (χ4v) is 2.03. The Balaban J connectivity index is 3.00. The molecule has 0 radical (unpaired) electrons. The van der Waals surface area contributed by atoms with Crippen LogP contribution in [0.5, 0.6) is 0 Å². The molecule has 1 atom stereocenters. The van der Waals surface area contributed by atoms with Gasteiger partial charge in [0.25, 0.3) is 5.91 Å². The van der Waals surface area contributed by atoms with Crippen LogP contribution in [-0.4, -0.2) is 39.5 Å². The molecule has 0 bridgehead atoms. The summed E-state index contributed by atoms with van der Waals surface area (Å²) >= 11 is 0. The molecule has 1 heterocycles. The first-order chi connectivity index (χ1) is 7.79. The monoisotopic (exact) mass is 243 g/mol. The fraction of sp³-hybridized carbons (Fsp3) is 0.833. The number of hydrogen-bond donors (Lipinski definition) is 1. The number of rotatable bonds is 4. The Morgan fingerprint density at radius 2 is 2.00 bits per heavy atom. The summed E-state index contributed by atoms with van der Waals surface area (Å²) in [5.41, 5.74) is -2.11. The summed E-state index contributed by atoms with van der Waals surface area (Å²) in [7, 11) is 0. The second-order valence-electron chi connectivity index (χ2n) is 5.51. The van der Waals surface area contributed by atoms with Gasteiger partial charge in [-0.3, -0.25) is 14.8 Å². The Labute approximate surface area is 102 Å². The van der Waals surface area contributed by atoms with Crippen LogP contribution < -0.4 is 0 Å². The van der Waals surface area contributed by atoms with Gasteiger partial charge in [0, 0.05) is 5.54 Å². The average Bonchev–Trinajstić information content (AvgIpc) is 2.49. The van der Waals surface area contributed by atoms with Crippen molar-refractivity contribution < 1.29 is 19.7 Å². The van der Waals surface area contributed by atoms with Crippen molar-refractivity contribution in [2.75, 3.05) is 6.54 Å². The summed E-state index contributed by atoms with van der Waals surface area (Å²) < 4.78 is 0. The minimum absolute atomic E-state index is 0.00656. The lowest BCUT2D eigenvalue weighted by atomic mass is 9.94. The molecule has 0 spiro atoms. The molecule has 0 aromatic heterocycles. The van der Waals surface area contributed by atoms with Crippen LogP contribution in [0.3, 0.4) is 0 Å². The van der Waals surface area contributed by atoms with E-state index in [2.05, 4.69) is 4.89 Å². The first-order valence-corrected chi connectivity index (χ1v) is 5.97. The Morgan fingerprint density at radius 3 is 2.35 bits per heavy atom. The number of carbonyl (C=O) groups is 2. The fourth-order valence-electron chi connectivity index (χ4n) is 2.03. The minimum atomic E-state index is -1.66. The molecule has 1 N–H and O–H groups in total. The number of unbranched alkanes of at least 4 members (excludes halogenated alkanes) is 1. The molecule has 1 aliphatic heterocycles. The molecule has 1 fully saturated rings. The summed E-state index contributed by atoms with van der Waals surface area (Å²) in [5, 5.41) is 9.00. The third-order valence-electron chi connectivity index (χ3n) is 3.19. The number of Topliss-reactive ketones (excluding diaryl/α,β-unsaturated/α-hetero) is 1. The standard InChI is InChI=1S/C12H21NO4/c1-5-6-7-12(17-16)9(14)8-13(10(12)15)11(2,3)4/h16H,5-8H2,1-4H3. The topological polar surface area (TPSA) is 66.8 Å². The van der Waals surface area contributed by atoms with Gasteiger partial charge in [0.05, 0.1) is 6.54 Å². The lowest BCUT2D eigenvalue weighted by molar-refractivity contribution is -0.301. The number of carbonyl (C=O) groups excluding carboxylic acids is 2. The van der Waals surface area contributed by atoms with Crippen molar-refractivity contribution in [2.45, 2.75) is 58.1 Å². The molecule has 1 unspecified atom stereocenters. The van der Waals surface area contributed by atoms with Crippen molar-refractivity contribution >= 4 is 11.7 Å². The van der Waals surface area contributed by atoms with E-state index >= 15 is 0 Å².